The molecule has 0 aliphatic carbocycles. The Morgan fingerprint density at radius 1 is 1.26 bits per heavy atom. The van der Waals surface area contributed by atoms with Crippen molar-refractivity contribution in [2.24, 2.45) is 0 Å². The van der Waals surface area contributed by atoms with Crippen molar-refractivity contribution in [3.63, 3.8) is 0 Å². The van der Waals surface area contributed by atoms with Crippen LogP contribution in [0.3, 0.4) is 0 Å². The molecule has 0 heterocycles. The molecular formula is C13H16O5S. The highest BCUT2D eigenvalue weighted by Crippen LogP contribution is 2.16. The summed E-state index contributed by atoms with van der Waals surface area (Å²) in [5.41, 5.74) is 0.942. The number of hydrogen-bond acceptors (Lipinski definition) is 5. The van der Waals surface area contributed by atoms with Gasteiger partial charge in [0.25, 0.3) is 0 Å². The summed E-state index contributed by atoms with van der Waals surface area (Å²) < 4.78 is 33.2. The summed E-state index contributed by atoms with van der Waals surface area (Å²) in [6.07, 6.45) is 0.995. The van der Waals surface area contributed by atoms with Gasteiger partial charge in [-0.3, -0.25) is 0 Å². The smallest absolute Gasteiger partial charge is 0.338 e. The van der Waals surface area contributed by atoms with Gasteiger partial charge in [0.05, 0.1) is 12.7 Å². The fraction of sp³-hybridized carbons (Fsp3) is 0.308. The van der Waals surface area contributed by atoms with Crippen molar-refractivity contribution in [1.82, 2.24) is 0 Å². The highest BCUT2D eigenvalue weighted by Gasteiger charge is 2.16. The van der Waals surface area contributed by atoms with Gasteiger partial charge in [-0.25, -0.2) is 4.79 Å². The molecule has 0 aliphatic rings. The van der Waals surface area contributed by atoms with Crippen LogP contribution in [0, 0.1) is 6.92 Å². The van der Waals surface area contributed by atoms with Gasteiger partial charge in [-0.2, -0.15) is 8.42 Å². The van der Waals surface area contributed by atoms with Crippen LogP contribution < -0.4 is 0 Å². The number of allylic oxidation sites excluding steroid dienone is 1. The topological polar surface area (TPSA) is 69.7 Å². The van der Waals surface area contributed by atoms with Crippen molar-refractivity contribution < 1.29 is 22.1 Å². The molecule has 0 atom stereocenters. The van der Waals surface area contributed by atoms with E-state index in [1.807, 2.05) is 6.92 Å². The van der Waals surface area contributed by atoms with E-state index in [0.29, 0.717) is 0 Å². The predicted octanol–water partition coefficient (Wildman–Crippen LogP) is 2.17. The summed E-state index contributed by atoms with van der Waals surface area (Å²) in [6.45, 7) is 5.10. The maximum Gasteiger partial charge on any atom is 0.338 e. The maximum absolute atomic E-state index is 11.9. The number of carbonyl (C=O) groups is 1. The van der Waals surface area contributed by atoms with Crippen molar-refractivity contribution in [3.05, 3.63) is 41.7 Å². The van der Waals surface area contributed by atoms with E-state index in [2.05, 4.69) is 4.74 Å². The third kappa shape index (κ3) is 4.75. The molecule has 0 amide bonds. The molecule has 0 N–H and O–H groups in total. The second kappa shape index (κ2) is 6.38. The molecule has 0 aromatic heterocycles. The summed E-state index contributed by atoms with van der Waals surface area (Å²) in [6, 6.07) is 6.23. The van der Waals surface area contributed by atoms with E-state index < -0.39 is 16.1 Å². The van der Waals surface area contributed by atoms with Crippen LogP contribution >= 0.6 is 0 Å². The summed E-state index contributed by atoms with van der Waals surface area (Å²) >= 11 is 0. The zero-order valence-corrected chi connectivity index (χ0v) is 11.9. The predicted molar refractivity (Wildman–Crippen MR) is 69.8 cm³/mol. The van der Waals surface area contributed by atoms with Crippen molar-refractivity contribution in [2.75, 3.05) is 6.61 Å². The van der Waals surface area contributed by atoms with E-state index in [9.17, 15) is 13.2 Å². The zero-order valence-electron chi connectivity index (χ0n) is 11.0. The molecule has 0 saturated heterocycles. The lowest BCUT2D eigenvalue weighted by Gasteiger charge is -2.07. The Hall–Kier alpha value is -1.82. The van der Waals surface area contributed by atoms with E-state index in [-0.39, 0.29) is 17.3 Å². The molecule has 1 aromatic carbocycles. The minimum atomic E-state index is -3.91. The maximum atomic E-state index is 11.9. The number of rotatable bonds is 5. The summed E-state index contributed by atoms with van der Waals surface area (Å²) in [4.78, 5) is 11.2. The molecule has 19 heavy (non-hydrogen) atoms. The molecule has 0 radical (unpaired) electrons. The fourth-order valence-electron chi connectivity index (χ4n) is 1.30. The molecule has 0 saturated carbocycles. The van der Waals surface area contributed by atoms with Crippen LogP contribution in [0.1, 0.15) is 19.4 Å². The Kier molecular flexibility index (Phi) is 5.11. The van der Waals surface area contributed by atoms with Gasteiger partial charge >= 0.3 is 16.1 Å². The zero-order chi connectivity index (χ0) is 14.5. The highest BCUT2D eigenvalue weighted by atomic mass is 32.2. The van der Waals surface area contributed by atoms with Crippen LogP contribution in [-0.4, -0.2) is 21.0 Å². The molecule has 0 aliphatic heterocycles. The molecule has 6 heteroatoms. The Balaban J connectivity index is 2.85. The minimum absolute atomic E-state index is 0.0368. The SMILES string of the molecule is CCOC(=O)C=C(C)OS(=O)(=O)c1ccc(C)cc1. The third-order valence-corrected chi connectivity index (χ3v) is 3.49. The standard InChI is InChI=1S/C13H16O5S/c1-4-17-13(14)9-11(3)18-19(15,16)12-7-5-10(2)6-8-12/h5-9H,4H2,1-3H3. The van der Waals surface area contributed by atoms with Crippen LogP contribution in [0.25, 0.3) is 0 Å². The lowest BCUT2D eigenvalue weighted by atomic mass is 10.2. The van der Waals surface area contributed by atoms with E-state index >= 15 is 0 Å². The van der Waals surface area contributed by atoms with Crippen LogP contribution in [0.5, 0.6) is 0 Å². The second-order valence-corrected chi connectivity index (χ2v) is 5.40. The molecule has 1 rings (SSSR count). The Morgan fingerprint density at radius 2 is 1.84 bits per heavy atom. The highest BCUT2D eigenvalue weighted by molar-refractivity contribution is 7.86. The van der Waals surface area contributed by atoms with Gasteiger partial charge in [0.1, 0.15) is 10.7 Å². The quantitative estimate of drug-likeness (QED) is 0.359. The van der Waals surface area contributed by atoms with Gasteiger partial charge in [-0.1, -0.05) is 17.7 Å². The monoisotopic (exact) mass is 284 g/mol. The van der Waals surface area contributed by atoms with E-state index in [4.69, 9.17) is 4.18 Å². The molecule has 0 bridgehead atoms. The molecule has 0 fully saturated rings. The second-order valence-electron chi connectivity index (χ2n) is 3.86. The first-order chi connectivity index (χ1) is 8.85. The van der Waals surface area contributed by atoms with Gasteiger partial charge in [0.2, 0.25) is 0 Å². The van der Waals surface area contributed by atoms with Gasteiger partial charge in [-0.05, 0) is 32.9 Å². The minimum Gasteiger partial charge on any atom is -0.463 e. The van der Waals surface area contributed by atoms with E-state index in [1.54, 1.807) is 19.1 Å². The normalized spacial score (nSPS) is 12.1. The molecule has 0 unspecified atom stereocenters. The first-order valence-corrected chi connectivity index (χ1v) is 7.12. The number of carbonyl (C=O) groups excluding carboxylic acids is 1. The van der Waals surface area contributed by atoms with Gasteiger partial charge in [-0.15, -0.1) is 0 Å². The Morgan fingerprint density at radius 3 is 2.37 bits per heavy atom. The average Bonchev–Trinajstić information content (AvgIpc) is 2.28. The summed E-state index contributed by atoms with van der Waals surface area (Å²) in [7, 11) is -3.91. The van der Waals surface area contributed by atoms with Gasteiger partial charge in [0.15, 0.2) is 0 Å². The molecular weight excluding hydrogens is 268 g/mol. The summed E-state index contributed by atoms with van der Waals surface area (Å²) in [5, 5.41) is 0. The van der Waals surface area contributed by atoms with Crippen LogP contribution in [-0.2, 0) is 23.8 Å². The van der Waals surface area contributed by atoms with Gasteiger partial charge < -0.3 is 8.92 Å². The summed E-state index contributed by atoms with van der Waals surface area (Å²) in [5.74, 6) is -0.682. The van der Waals surface area contributed by atoms with Crippen molar-refractivity contribution >= 4 is 16.1 Å². The van der Waals surface area contributed by atoms with E-state index in [0.717, 1.165) is 11.6 Å². The number of aryl methyl sites for hydroxylation is 1. The number of esters is 1. The molecule has 0 spiro atoms. The van der Waals surface area contributed by atoms with Crippen LogP contribution in [0.4, 0.5) is 0 Å². The first kappa shape index (κ1) is 15.2. The lowest BCUT2D eigenvalue weighted by molar-refractivity contribution is -0.137. The molecule has 104 valence electrons. The van der Waals surface area contributed by atoms with Crippen molar-refractivity contribution in [1.29, 1.82) is 0 Å². The Bertz CT molecular complexity index is 570. The largest absolute Gasteiger partial charge is 0.463 e. The van der Waals surface area contributed by atoms with Gasteiger partial charge in [0, 0.05) is 0 Å². The number of ether oxygens (including phenoxy) is 1. The van der Waals surface area contributed by atoms with Crippen LogP contribution in [0.2, 0.25) is 0 Å². The number of benzene rings is 1. The van der Waals surface area contributed by atoms with Crippen LogP contribution in [0.15, 0.2) is 41.0 Å². The number of hydrogen-bond donors (Lipinski definition) is 0. The Labute approximate surface area is 113 Å². The fourth-order valence-corrected chi connectivity index (χ4v) is 2.26. The molecule has 5 nitrogen and oxygen atoms in total. The third-order valence-electron chi connectivity index (χ3n) is 2.16. The van der Waals surface area contributed by atoms with Crippen molar-refractivity contribution in [2.45, 2.75) is 25.7 Å². The molecule has 1 aromatic rings. The van der Waals surface area contributed by atoms with Crippen molar-refractivity contribution in [3.8, 4) is 0 Å². The lowest BCUT2D eigenvalue weighted by Crippen LogP contribution is -2.07. The first-order valence-electron chi connectivity index (χ1n) is 5.71. The van der Waals surface area contributed by atoms with E-state index in [1.165, 1.54) is 19.1 Å². The average molecular weight is 284 g/mol.